The molecule has 172 valence electrons. The van der Waals surface area contributed by atoms with E-state index in [2.05, 4.69) is 21.4 Å². The van der Waals surface area contributed by atoms with Crippen LogP contribution in [-0.2, 0) is 10.5 Å². The maximum atomic E-state index is 13.2. The Morgan fingerprint density at radius 3 is 2.45 bits per heavy atom. The summed E-state index contributed by atoms with van der Waals surface area (Å²) in [5.74, 6) is 1.61. The molecule has 3 aromatic rings. The van der Waals surface area contributed by atoms with Crippen LogP contribution in [0.3, 0.4) is 0 Å². The average Bonchev–Trinajstić information content (AvgIpc) is 2.81. The molecule has 1 unspecified atom stereocenters. The van der Waals surface area contributed by atoms with Crippen LogP contribution in [0.25, 0.3) is 0 Å². The third-order valence-electron chi connectivity index (χ3n) is 5.50. The molecular formula is C24H25N3O5S. The van der Waals surface area contributed by atoms with Gasteiger partial charge in [-0.25, -0.2) is 4.98 Å². The maximum absolute atomic E-state index is 13.2. The number of nitrogens with one attached hydrogen (secondary N) is 2. The van der Waals surface area contributed by atoms with E-state index in [-0.39, 0.29) is 23.7 Å². The lowest BCUT2D eigenvalue weighted by Crippen LogP contribution is -2.31. The van der Waals surface area contributed by atoms with Gasteiger partial charge in [0.2, 0.25) is 5.91 Å². The number of nitrogens with zero attached hydrogens (tertiary/aromatic N) is 1. The van der Waals surface area contributed by atoms with Crippen molar-refractivity contribution >= 4 is 23.5 Å². The van der Waals surface area contributed by atoms with E-state index in [0.717, 1.165) is 5.56 Å². The molecule has 1 aliphatic heterocycles. The lowest BCUT2D eigenvalue weighted by molar-refractivity contribution is -0.116. The van der Waals surface area contributed by atoms with Gasteiger partial charge in [-0.2, -0.15) is 0 Å². The summed E-state index contributed by atoms with van der Waals surface area (Å²) in [6, 6.07) is 11.6. The van der Waals surface area contributed by atoms with Crippen molar-refractivity contribution in [3.63, 3.8) is 0 Å². The van der Waals surface area contributed by atoms with Crippen molar-refractivity contribution in [3.05, 3.63) is 69.0 Å². The minimum Gasteiger partial charge on any atom is -0.496 e. The normalized spacial score (nSPS) is 14.9. The number of hydrogen-bond acceptors (Lipinski definition) is 7. The van der Waals surface area contributed by atoms with Crippen molar-refractivity contribution in [2.45, 2.75) is 30.2 Å². The van der Waals surface area contributed by atoms with Crippen molar-refractivity contribution in [1.29, 1.82) is 0 Å². The Kier molecular flexibility index (Phi) is 6.60. The number of hydrogen-bond donors (Lipinski definition) is 2. The number of methoxy groups -OCH3 is 3. The van der Waals surface area contributed by atoms with Gasteiger partial charge in [-0.05, 0) is 18.6 Å². The highest BCUT2D eigenvalue weighted by molar-refractivity contribution is 7.98. The number of rotatable bonds is 7. The number of thioether (sulfide) groups is 1. The number of benzene rings is 2. The molecule has 0 saturated carbocycles. The van der Waals surface area contributed by atoms with Crippen LogP contribution in [0.5, 0.6) is 17.2 Å². The van der Waals surface area contributed by atoms with Gasteiger partial charge in [-0.3, -0.25) is 9.59 Å². The fourth-order valence-corrected chi connectivity index (χ4v) is 4.77. The van der Waals surface area contributed by atoms with Crippen LogP contribution < -0.4 is 25.1 Å². The van der Waals surface area contributed by atoms with Gasteiger partial charge in [0.1, 0.15) is 11.6 Å². The Bertz CT molecular complexity index is 1260. The molecule has 1 aromatic heterocycles. The average molecular weight is 468 g/mol. The summed E-state index contributed by atoms with van der Waals surface area (Å²) in [5.41, 5.74) is 3.03. The molecule has 33 heavy (non-hydrogen) atoms. The predicted molar refractivity (Wildman–Crippen MR) is 127 cm³/mol. The van der Waals surface area contributed by atoms with Gasteiger partial charge in [0, 0.05) is 29.7 Å². The van der Waals surface area contributed by atoms with Crippen LogP contribution in [0.15, 0.2) is 46.3 Å². The van der Waals surface area contributed by atoms with Crippen LogP contribution in [0.1, 0.15) is 34.6 Å². The van der Waals surface area contributed by atoms with Crippen molar-refractivity contribution in [2.24, 2.45) is 0 Å². The molecule has 0 radical (unpaired) electrons. The number of aryl methyl sites for hydroxylation is 1. The summed E-state index contributed by atoms with van der Waals surface area (Å²) >= 11 is 1.41. The molecule has 4 rings (SSSR count). The van der Waals surface area contributed by atoms with Crippen LogP contribution >= 0.6 is 11.8 Å². The predicted octanol–water partition coefficient (Wildman–Crippen LogP) is 3.87. The molecule has 0 fully saturated rings. The Labute approximate surface area is 195 Å². The lowest BCUT2D eigenvalue weighted by atomic mass is 9.86. The highest BCUT2D eigenvalue weighted by Crippen LogP contribution is 2.43. The van der Waals surface area contributed by atoms with Gasteiger partial charge in [-0.1, -0.05) is 41.6 Å². The third kappa shape index (κ3) is 4.68. The van der Waals surface area contributed by atoms with E-state index in [1.807, 2.05) is 25.1 Å². The molecular weight excluding hydrogens is 442 g/mol. The minimum atomic E-state index is -0.546. The number of aromatic amines is 1. The summed E-state index contributed by atoms with van der Waals surface area (Å²) in [6.45, 7) is 2.03. The summed E-state index contributed by atoms with van der Waals surface area (Å²) in [5, 5.41) is 3.20. The first-order valence-corrected chi connectivity index (χ1v) is 11.3. The van der Waals surface area contributed by atoms with Crippen LogP contribution in [0.2, 0.25) is 0 Å². The van der Waals surface area contributed by atoms with E-state index < -0.39 is 5.92 Å². The number of amides is 1. The molecule has 1 atom stereocenters. The molecule has 0 spiro atoms. The van der Waals surface area contributed by atoms with E-state index >= 15 is 0 Å². The monoisotopic (exact) mass is 467 g/mol. The molecule has 0 saturated heterocycles. The van der Waals surface area contributed by atoms with E-state index in [1.54, 1.807) is 12.1 Å². The Balaban J connectivity index is 1.72. The number of ether oxygens (including phenoxy) is 3. The van der Waals surface area contributed by atoms with Crippen LogP contribution in [-0.4, -0.2) is 37.2 Å². The Morgan fingerprint density at radius 1 is 1.03 bits per heavy atom. The van der Waals surface area contributed by atoms with E-state index in [4.69, 9.17) is 14.2 Å². The molecule has 1 aliphatic rings. The van der Waals surface area contributed by atoms with Crippen LogP contribution in [0.4, 0.5) is 5.82 Å². The van der Waals surface area contributed by atoms with Gasteiger partial charge in [0.05, 0.1) is 26.9 Å². The van der Waals surface area contributed by atoms with Crippen molar-refractivity contribution in [3.8, 4) is 17.2 Å². The second kappa shape index (κ2) is 9.58. The molecule has 9 heteroatoms. The first kappa shape index (κ1) is 22.7. The second-order valence-electron chi connectivity index (χ2n) is 7.67. The standard InChI is InChI=1S/C24H25N3O5S/c1-13-6-5-7-14(8-13)12-33-24-26-22-21(23(29)27-24)16(10-20(28)25-22)15-9-18(31-3)19(32-4)11-17(15)30-2/h5-9,11,16H,10,12H2,1-4H3,(H2,25,26,27,28,29). The molecule has 2 aromatic carbocycles. The molecule has 2 N–H and O–H groups in total. The topological polar surface area (TPSA) is 103 Å². The summed E-state index contributed by atoms with van der Waals surface area (Å²) < 4.78 is 16.3. The SMILES string of the molecule is COc1cc(OC)c(C2CC(=O)Nc3nc(SCc4cccc(C)c4)[nH]c(=O)c32)cc1OC. The first-order chi connectivity index (χ1) is 15.9. The van der Waals surface area contributed by atoms with E-state index in [9.17, 15) is 9.59 Å². The quantitative estimate of drug-likeness (QED) is 0.402. The zero-order chi connectivity index (χ0) is 23.5. The largest absolute Gasteiger partial charge is 0.496 e. The zero-order valence-electron chi connectivity index (χ0n) is 18.9. The zero-order valence-corrected chi connectivity index (χ0v) is 19.7. The Morgan fingerprint density at radius 2 is 1.76 bits per heavy atom. The number of anilines is 1. The highest BCUT2D eigenvalue weighted by atomic mass is 32.2. The van der Waals surface area contributed by atoms with Gasteiger partial charge in [0.15, 0.2) is 16.7 Å². The lowest BCUT2D eigenvalue weighted by Gasteiger charge is -2.26. The molecule has 8 nitrogen and oxygen atoms in total. The van der Waals surface area contributed by atoms with Crippen molar-refractivity contribution in [1.82, 2.24) is 9.97 Å². The van der Waals surface area contributed by atoms with Gasteiger partial charge < -0.3 is 24.5 Å². The summed E-state index contributed by atoms with van der Waals surface area (Å²) in [7, 11) is 4.59. The fraction of sp³-hybridized carbons (Fsp3) is 0.292. The van der Waals surface area contributed by atoms with Gasteiger partial charge in [0.25, 0.3) is 5.56 Å². The Hall–Kier alpha value is -3.46. The van der Waals surface area contributed by atoms with Crippen molar-refractivity contribution in [2.75, 3.05) is 26.6 Å². The molecule has 0 aliphatic carbocycles. The third-order valence-corrected chi connectivity index (χ3v) is 6.44. The first-order valence-electron chi connectivity index (χ1n) is 10.4. The number of fused-ring (bicyclic) bond motifs is 1. The fourth-order valence-electron chi connectivity index (χ4n) is 3.96. The van der Waals surface area contributed by atoms with E-state index in [0.29, 0.717) is 39.3 Å². The number of carbonyl (C=O) groups is 1. The minimum absolute atomic E-state index is 0.0827. The summed E-state index contributed by atoms with van der Waals surface area (Å²) in [4.78, 5) is 33.1. The number of H-pyrrole nitrogens is 1. The molecule has 0 bridgehead atoms. The number of aromatic nitrogens is 2. The van der Waals surface area contributed by atoms with Gasteiger partial charge in [-0.15, -0.1) is 0 Å². The smallest absolute Gasteiger partial charge is 0.257 e. The van der Waals surface area contributed by atoms with Crippen LogP contribution in [0, 0.1) is 6.92 Å². The molecule has 1 amide bonds. The second-order valence-corrected chi connectivity index (χ2v) is 8.63. The summed E-state index contributed by atoms with van der Waals surface area (Å²) in [6.07, 6.45) is 0.0827. The van der Waals surface area contributed by atoms with Gasteiger partial charge >= 0.3 is 0 Å². The number of carbonyl (C=O) groups excluding carboxylic acids is 1. The van der Waals surface area contributed by atoms with Crippen molar-refractivity contribution < 1.29 is 19.0 Å². The molecule has 2 heterocycles. The maximum Gasteiger partial charge on any atom is 0.257 e. The highest BCUT2D eigenvalue weighted by Gasteiger charge is 2.33. The van der Waals surface area contributed by atoms with E-state index in [1.165, 1.54) is 38.7 Å².